The summed E-state index contributed by atoms with van der Waals surface area (Å²) in [5.74, 6) is -0.155. The van der Waals surface area contributed by atoms with E-state index < -0.39 is 5.95 Å². The molecule has 4 aromatic heterocycles. The standard InChI is InChI=1S/C17H12FN5/c1-11-5-7-19-9-13(11)12-6-8-20-17-14(12)10-21-23(17)16-4-2-3-15(18)22-16/h2-10H,1H3. The molecule has 0 aromatic carbocycles. The first-order valence-electron chi connectivity index (χ1n) is 7.11. The van der Waals surface area contributed by atoms with Crippen LogP contribution in [0, 0.1) is 12.9 Å². The quantitative estimate of drug-likeness (QED) is 0.533. The lowest BCUT2D eigenvalue weighted by Gasteiger charge is -2.06. The predicted octanol–water partition coefficient (Wildman–Crippen LogP) is 3.33. The highest BCUT2D eigenvalue weighted by atomic mass is 19.1. The molecule has 0 saturated heterocycles. The second-order valence-corrected chi connectivity index (χ2v) is 5.16. The van der Waals surface area contributed by atoms with Gasteiger partial charge in [0.15, 0.2) is 11.5 Å². The lowest BCUT2D eigenvalue weighted by atomic mass is 10.0. The molecule has 0 amide bonds. The van der Waals surface area contributed by atoms with Crippen LogP contribution >= 0.6 is 0 Å². The summed E-state index contributed by atoms with van der Waals surface area (Å²) in [6, 6.07) is 8.48. The van der Waals surface area contributed by atoms with Crippen molar-refractivity contribution in [3.63, 3.8) is 0 Å². The Morgan fingerprint density at radius 2 is 1.91 bits per heavy atom. The Morgan fingerprint density at radius 3 is 2.74 bits per heavy atom. The number of hydrogen-bond acceptors (Lipinski definition) is 4. The van der Waals surface area contributed by atoms with E-state index in [0.717, 1.165) is 22.1 Å². The number of nitrogens with zero attached hydrogens (tertiary/aromatic N) is 5. The van der Waals surface area contributed by atoms with Crippen LogP contribution in [-0.2, 0) is 0 Å². The minimum absolute atomic E-state index is 0.396. The Bertz CT molecular complexity index is 1010. The molecule has 0 spiro atoms. The molecule has 0 aliphatic heterocycles. The summed E-state index contributed by atoms with van der Waals surface area (Å²) in [5.41, 5.74) is 3.75. The summed E-state index contributed by atoms with van der Waals surface area (Å²) in [4.78, 5) is 12.4. The van der Waals surface area contributed by atoms with Crippen LogP contribution < -0.4 is 0 Å². The van der Waals surface area contributed by atoms with Gasteiger partial charge in [-0.1, -0.05) is 6.07 Å². The molecule has 0 unspecified atom stereocenters. The van der Waals surface area contributed by atoms with Crippen LogP contribution in [0.1, 0.15) is 5.56 Å². The zero-order chi connectivity index (χ0) is 15.8. The average Bonchev–Trinajstić information content (AvgIpc) is 2.99. The Labute approximate surface area is 131 Å². The van der Waals surface area contributed by atoms with E-state index in [1.54, 1.807) is 30.7 Å². The summed E-state index contributed by atoms with van der Waals surface area (Å²) in [5, 5.41) is 5.20. The van der Waals surface area contributed by atoms with E-state index in [2.05, 4.69) is 20.1 Å². The number of hydrogen-bond donors (Lipinski definition) is 0. The molecule has 0 atom stereocenters. The SMILES string of the molecule is Cc1ccncc1-c1ccnc2c1cnn2-c1cccc(F)n1. The van der Waals surface area contributed by atoms with E-state index in [0.29, 0.717) is 11.5 Å². The highest BCUT2D eigenvalue weighted by Crippen LogP contribution is 2.29. The van der Waals surface area contributed by atoms with Crippen LogP contribution in [0.2, 0.25) is 0 Å². The zero-order valence-corrected chi connectivity index (χ0v) is 12.3. The van der Waals surface area contributed by atoms with Crippen molar-refractivity contribution in [3.05, 3.63) is 66.6 Å². The fourth-order valence-corrected chi connectivity index (χ4v) is 2.59. The molecule has 4 rings (SSSR count). The molecule has 0 saturated carbocycles. The minimum atomic E-state index is -0.551. The topological polar surface area (TPSA) is 56.5 Å². The van der Waals surface area contributed by atoms with Gasteiger partial charge in [0, 0.05) is 29.5 Å². The van der Waals surface area contributed by atoms with Crippen LogP contribution in [0.5, 0.6) is 0 Å². The molecule has 23 heavy (non-hydrogen) atoms. The molecule has 0 N–H and O–H groups in total. The van der Waals surface area contributed by atoms with Crippen LogP contribution in [-0.4, -0.2) is 24.7 Å². The van der Waals surface area contributed by atoms with Crippen molar-refractivity contribution in [2.45, 2.75) is 6.92 Å². The van der Waals surface area contributed by atoms with Crippen molar-refractivity contribution in [1.29, 1.82) is 0 Å². The maximum Gasteiger partial charge on any atom is 0.214 e. The van der Waals surface area contributed by atoms with Gasteiger partial charge >= 0.3 is 0 Å². The Hall–Kier alpha value is -3.15. The third-order valence-corrected chi connectivity index (χ3v) is 3.72. The van der Waals surface area contributed by atoms with E-state index >= 15 is 0 Å². The number of halogens is 1. The van der Waals surface area contributed by atoms with Crippen LogP contribution in [0.15, 0.2) is 55.1 Å². The zero-order valence-electron chi connectivity index (χ0n) is 12.3. The Kier molecular flexibility index (Phi) is 3.08. The second kappa shape index (κ2) is 5.24. The first-order valence-corrected chi connectivity index (χ1v) is 7.11. The van der Waals surface area contributed by atoms with Gasteiger partial charge < -0.3 is 0 Å². The summed E-state index contributed by atoms with van der Waals surface area (Å²) in [7, 11) is 0. The van der Waals surface area contributed by atoms with Crippen LogP contribution in [0.25, 0.3) is 28.0 Å². The molecule has 5 nitrogen and oxygen atoms in total. The van der Waals surface area contributed by atoms with Crippen LogP contribution in [0.4, 0.5) is 4.39 Å². The third-order valence-electron chi connectivity index (χ3n) is 3.72. The number of fused-ring (bicyclic) bond motifs is 1. The van der Waals surface area contributed by atoms with Crippen molar-refractivity contribution >= 4 is 11.0 Å². The fourth-order valence-electron chi connectivity index (χ4n) is 2.59. The fraction of sp³-hybridized carbons (Fsp3) is 0.0588. The molecule has 0 aliphatic rings. The van der Waals surface area contributed by atoms with Gasteiger partial charge in [-0.2, -0.15) is 14.2 Å². The minimum Gasteiger partial charge on any atom is -0.264 e. The normalized spacial score (nSPS) is 11.0. The summed E-state index contributed by atoms with van der Waals surface area (Å²) < 4.78 is 14.9. The Morgan fingerprint density at radius 1 is 1.00 bits per heavy atom. The predicted molar refractivity (Wildman–Crippen MR) is 84.6 cm³/mol. The molecular formula is C17H12FN5. The first kappa shape index (κ1) is 13.5. The van der Waals surface area contributed by atoms with Gasteiger partial charge in [0.2, 0.25) is 5.95 Å². The molecule has 0 radical (unpaired) electrons. The van der Waals surface area contributed by atoms with Gasteiger partial charge in [0.05, 0.1) is 6.20 Å². The Balaban J connectivity index is 1.96. The summed E-state index contributed by atoms with van der Waals surface area (Å²) in [6.07, 6.45) is 7.01. The van der Waals surface area contributed by atoms with Gasteiger partial charge in [-0.3, -0.25) is 4.98 Å². The number of aryl methyl sites for hydroxylation is 1. The van der Waals surface area contributed by atoms with Gasteiger partial charge in [0.1, 0.15) is 0 Å². The second-order valence-electron chi connectivity index (χ2n) is 5.16. The van der Waals surface area contributed by atoms with E-state index in [1.807, 2.05) is 25.3 Å². The highest BCUT2D eigenvalue weighted by Gasteiger charge is 2.13. The van der Waals surface area contributed by atoms with Gasteiger partial charge in [-0.05, 0) is 42.3 Å². The van der Waals surface area contributed by atoms with Crippen molar-refractivity contribution in [3.8, 4) is 16.9 Å². The molecule has 0 aliphatic carbocycles. The maximum atomic E-state index is 13.4. The molecule has 4 aromatic rings. The first-order chi connectivity index (χ1) is 11.2. The van der Waals surface area contributed by atoms with Gasteiger partial charge in [-0.25, -0.2) is 9.97 Å². The maximum absolute atomic E-state index is 13.4. The molecule has 0 bridgehead atoms. The van der Waals surface area contributed by atoms with Crippen molar-refractivity contribution < 1.29 is 4.39 Å². The van der Waals surface area contributed by atoms with Crippen molar-refractivity contribution in [2.75, 3.05) is 0 Å². The molecule has 0 fully saturated rings. The molecule has 4 heterocycles. The lowest BCUT2D eigenvalue weighted by Crippen LogP contribution is -2.01. The van der Waals surface area contributed by atoms with E-state index in [9.17, 15) is 4.39 Å². The largest absolute Gasteiger partial charge is 0.264 e. The van der Waals surface area contributed by atoms with Gasteiger partial charge in [0.25, 0.3) is 0 Å². The third kappa shape index (κ3) is 2.24. The molecule has 112 valence electrons. The molecule has 6 heteroatoms. The molecular weight excluding hydrogens is 293 g/mol. The number of rotatable bonds is 2. The van der Waals surface area contributed by atoms with E-state index in [1.165, 1.54) is 10.7 Å². The highest BCUT2D eigenvalue weighted by molar-refractivity contribution is 5.93. The van der Waals surface area contributed by atoms with Crippen molar-refractivity contribution in [1.82, 2.24) is 24.7 Å². The van der Waals surface area contributed by atoms with Crippen molar-refractivity contribution in [2.24, 2.45) is 0 Å². The number of pyridine rings is 3. The van der Waals surface area contributed by atoms with Crippen LogP contribution in [0.3, 0.4) is 0 Å². The van der Waals surface area contributed by atoms with E-state index in [-0.39, 0.29) is 0 Å². The summed E-state index contributed by atoms with van der Waals surface area (Å²) >= 11 is 0. The monoisotopic (exact) mass is 305 g/mol. The van der Waals surface area contributed by atoms with E-state index in [4.69, 9.17) is 0 Å². The smallest absolute Gasteiger partial charge is 0.214 e. The average molecular weight is 305 g/mol. The van der Waals surface area contributed by atoms with Gasteiger partial charge in [-0.15, -0.1) is 0 Å². The lowest BCUT2D eigenvalue weighted by molar-refractivity contribution is 0.578. The number of aromatic nitrogens is 5. The summed E-state index contributed by atoms with van der Waals surface area (Å²) in [6.45, 7) is 2.03.